The Balaban J connectivity index is 1.58. The number of hydrogen-bond acceptors (Lipinski definition) is 6. The van der Waals surface area contributed by atoms with Gasteiger partial charge in [-0.1, -0.05) is 22.9 Å². The number of halogens is 1. The van der Waals surface area contributed by atoms with Gasteiger partial charge in [0.2, 0.25) is 4.96 Å². The fourth-order valence-electron chi connectivity index (χ4n) is 2.03. The molecular weight excluding hydrogens is 334 g/mol. The van der Waals surface area contributed by atoms with E-state index in [9.17, 15) is 0 Å². The van der Waals surface area contributed by atoms with Gasteiger partial charge in [-0.2, -0.15) is 9.61 Å². The minimum atomic E-state index is 0.277. The number of ether oxygens (including phenoxy) is 1. The van der Waals surface area contributed by atoms with Gasteiger partial charge in [0.05, 0.1) is 0 Å². The lowest BCUT2D eigenvalue weighted by Gasteiger charge is -2.03. The topological polar surface area (TPSA) is 65.2 Å². The largest absolute Gasteiger partial charge is 0.486 e. The molecule has 0 bridgehead atoms. The maximum Gasteiger partial charge on any atom is 0.235 e. The van der Waals surface area contributed by atoms with Crippen molar-refractivity contribution in [2.75, 3.05) is 0 Å². The lowest BCUT2D eigenvalue weighted by Crippen LogP contribution is -2.02. The van der Waals surface area contributed by atoms with Crippen LogP contribution in [0.4, 0.5) is 0 Å². The summed E-state index contributed by atoms with van der Waals surface area (Å²) in [6, 6.07) is 11.0. The van der Waals surface area contributed by atoms with Gasteiger partial charge in [-0.05, 0) is 36.4 Å². The molecule has 0 aliphatic rings. The Bertz CT molecular complexity index is 936. The zero-order valence-electron chi connectivity index (χ0n) is 11.8. The molecule has 8 heteroatoms. The third kappa shape index (κ3) is 2.88. The average molecular weight is 344 g/mol. The highest BCUT2D eigenvalue weighted by atomic mass is 35.5. The molecule has 0 radical (unpaired) electrons. The van der Waals surface area contributed by atoms with Crippen LogP contribution in [0.25, 0.3) is 15.5 Å². The molecule has 0 spiro atoms. The molecular formula is C15H10ClN5OS. The highest BCUT2D eigenvalue weighted by Gasteiger charge is 2.13. The van der Waals surface area contributed by atoms with Gasteiger partial charge in [-0.25, -0.2) is 0 Å². The average Bonchev–Trinajstić information content (AvgIpc) is 3.16. The molecule has 23 heavy (non-hydrogen) atoms. The zero-order chi connectivity index (χ0) is 15.6. The Morgan fingerprint density at radius 3 is 2.78 bits per heavy atom. The van der Waals surface area contributed by atoms with E-state index < -0.39 is 0 Å². The number of pyridine rings is 1. The second-order valence-corrected chi connectivity index (χ2v) is 6.09. The number of aromatic nitrogens is 5. The number of nitrogens with zero attached hydrogens (tertiary/aromatic N) is 5. The standard InChI is InChI=1S/C15H10ClN5OS/c16-11-3-5-12(6-4-11)22-9-13-18-19-15-21(13)20-14(23-15)10-2-1-7-17-8-10/h1-8H,9H2. The SMILES string of the molecule is Clc1ccc(OCc2nnc3sc(-c4cccnc4)nn23)cc1. The Labute approximate surface area is 140 Å². The second kappa shape index (κ2) is 5.94. The number of fused-ring (bicyclic) bond motifs is 1. The number of benzene rings is 1. The van der Waals surface area contributed by atoms with E-state index in [1.807, 2.05) is 24.3 Å². The van der Waals surface area contributed by atoms with Crippen molar-refractivity contribution in [1.82, 2.24) is 24.8 Å². The Kier molecular flexibility index (Phi) is 3.64. The van der Waals surface area contributed by atoms with Crippen LogP contribution in [0.15, 0.2) is 48.8 Å². The summed E-state index contributed by atoms with van der Waals surface area (Å²) in [5.41, 5.74) is 0.951. The van der Waals surface area contributed by atoms with E-state index in [1.54, 1.807) is 29.0 Å². The van der Waals surface area contributed by atoms with Gasteiger partial charge in [-0.15, -0.1) is 10.2 Å². The van der Waals surface area contributed by atoms with Crippen LogP contribution in [-0.2, 0) is 6.61 Å². The van der Waals surface area contributed by atoms with Crippen molar-refractivity contribution in [3.63, 3.8) is 0 Å². The van der Waals surface area contributed by atoms with Gasteiger partial charge in [0, 0.05) is 23.0 Å². The molecule has 0 atom stereocenters. The van der Waals surface area contributed by atoms with Gasteiger partial charge in [0.15, 0.2) is 5.82 Å². The van der Waals surface area contributed by atoms with Crippen molar-refractivity contribution < 1.29 is 4.74 Å². The molecule has 4 rings (SSSR count). The highest BCUT2D eigenvalue weighted by Crippen LogP contribution is 2.25. The maximum absolute atomic E-state index is 5.85. The van der Waals surface area contributed by atoms with Crippen LogP contribution in [0.2, 0.25) is 5.02 Å². The monoisotopic (exact) mass is 343 g/mol. The molecule has 0 N–H and O–H groups in total. The molecule has 0 unspecified atom stereocenters. The van der Waals surface area contributed by atoms with Crippen LogP contribution in [0, 0.1) is 0 Å². The van der Waals surface area contributed by atoms with Crippen molar-refractivity contribution in [3.8, 4) is 16.3 Å². The molecule has 0 fully saturated rings. The van der Waals surface area contributed by atoms with Crippen molar-refractivity contribution in [1.29, 1.82) is 0 Å². The van der Waals surface area contributed by atoms with Gasteiger partial charge in [0.1, 0.15) is 17.4 Å². The van der Waals surface area contributed by atoms with Crippen molar-refractivity contribution in [2.24, 2.45) is 0 Å². The zero-order valence-corrected chi connectivity index (χ0v) is 13.3. The Morgan fingerprint density at radius 2 is 2.00 bits per heavy atom. The number of rotatable bonds is 4. The van der Waals surface area contributed by atoms with E-state index in [-0.39, 0.29) is 6.61 Å². The third-order valence-electron chi connectivity index (χ3n) is 3.15. The molecule has 114 valence electrons. The van der Waals surface area contributed by atoms with E-state index in [1.165, 1.54) is 11.3 Å². The van der Waals surface area contributed by atoms with E-state index in [2.05, 4.69) is 20.3 Å². The van der Waals surface area contributed by atoms with Crippen LogP contribution in [0.5, 0.6) is 5.75 Å². The molecule has 0 saturated heterocycles. The Hall–Kier alpha value is -2.51. The van der Waals surface area contributed by atoms with Crippen LogP contribution in [0.1, 0.15) is 5.82 Å². The minimum Gasteiger partial charge on any atom is -0.486 e. The fraction of sp³-hybridized carbons (Fsp3) is 0.0667. The summed E-state index contributed by atoms with van der Waals surface area (Å²) in [7, 11) is 0. The normalized spacial score (nSPS) is 11.0. The molecule has 0 saturated carbocycles. The van der Waals surface area contributed by atoms with Gasteiger partial charge in [0.25, 0.3) is 0 Å². The van der Waals surface area contributed by atoms with Crippen molar-refractivity contribution in [3.05, 3.63) is 59.6 Å². The first-order valence-corrected chi connectivity index (χ1v) is 7.99. The number of hydrogen-bond donors (Lipinski definition) is 0. The Morgan fingerprint density at radius 1 is 1.13 bits per heavy atom. The third-order valence-corrected chi connectivity index (χ3v) is 4.35. The molecule has 3 heterocycles. The molecule has 3 aromatic heterocycles. The maximum atomic E-state index is 5.85. The van der Waals surface area contributed by atoms with Crippen molar-refractivity contribution >= 4 is 27.9 Å². The van der Waals surface area contributed by atoms with Crippen LogP contribution in [-0.4, -0.2) is 24.8 Å². The van der Waals surface area contributed by atoms with E-state index in [0.717, 1.165) is 15.5 Å². The summed E-state index contributed by atoms with van der Waals surface area (Å²) in [6.45, 7) is 0.277. The minimum absolute atomic E-state index is 0.277. The molecule has 0 aliphatic heterocycles. The van der Waals surface area contributed by atoms with E-state index in [0.29, 0.717) is 16.6 Å². The summed E-state index contributed by atoms with van der Waals surface area (Å²) in [5.74, 6) is 1.36. The van der Waals surface area contributed by atoms with Crippen LogP contribution in [0.3, 0.4) is 0 Å². The molecule has 0 amide bonds. The predicted octanol–water partition coefficient (Wildman–Crippen LogP) is 3.48. The first-order chi connectivity index (χ1) is 11.3. The smallest absolute Gasteiger partial charge is 0.235 e. The fourth-order valence-corrected chi connectivity index (χ4v) is 3.01. The molecule has 1 aromatic carbocycles. The summed E-state index contributed by atoms with van der Waals surface area (Å²) in [4.78, 5) is 4.83. The lowest BCUT2D eigenvalue weighted by atomic mass is 10.3. The van der Waals surface area contributed by atoms with E-state index in [4.69, 9.17) is 16.3 Å². The molecule has 4 aromatic rings. The molecule has 0 aliphatic carbocycles. The van der Waals surface area contributed by atoms with Gasteiger partial charge >= 0.3 is 0 Å². The first kappa shape index (κ1) is 14.1. The highest BCUT2D eigenvalue weighted by molar-refractivity contribution is 7.19. The summed E-state index contributed by atoms with van der Waals surface area (Å²) < 4.78 is 7.40. The van der Waals surface area contributed by atoms with E-state index >= 15 is 0 Å². The quantitative estimate of drug-likeness (QED) is 0.567. The first-order valence-electron chi connectivity index (χ1n) is 6.79. The van der Waals surface area contributed by atoms with Crippen molar-refractivity contribution in [2.45, 2.75) is 6.61 Å². The lowest BCUT2D eigenvalue weighted by molar-refractivity contribution is 0.293. The summed E-state index contributed by atoms with van der Waals surface area (Å²) in [5, 5.41) is 14.3. The van der Waals surface area contributed by atoms with Gasteiger partial charge in [-0.3, -0.25) is 4.98 Å². The van der Waals surface area contributed by atoms with Gasteiger partial charge < -0.3 is 4.74 Å². The van der Waals surface area contributed by atoms with Crippen LogP contribution >= 0.6 is 22.9 Å². The molecule has 6 nitrogen and oxygen atoms in total. The summed E-state index contributed by atoms with van der Waals surface area (Å²) in [6.07, 6.45) is 3.50. The summed E-state index contributed by atoms with van der Waals surface area (Å²) >= 11 is 7.31. The second-order valence-electron chi connectivity index (χ2n) is 4.70. The predicted molar refractivity (Wildman–Crippen MR) is 87.7 cm³/mol. The van der Waals surface area contributed by atoms with Crippen LogP contribution < -0.4 is 4.74 Å².